The Balaban J connectivity index is 1.60. The summed E-state index contributed by atoms with van der Waals surface area (Å²) in [4.78, 5) is 12.8. The third kappa shape index (κ3) is 4.41. The fourth-order valence-electron chi connectivity index (χ4n) is 3.80. The number of benzene rings is 3. The minimum Gasteiger partial charge on any atom is -0.294 e. The van der Waals surface area contributed by atoms with Gasteiger partial charge in [-0.25, -0.2) is 8.42 Å². The lowest BCUT2D eigenvalue weighted by molar-refractivity contribution is -0.137. The SMILES string of the molecule is O=C(Cc1ccc2c(c1)N(S(=O)(=O)c1ccccc1)CCC2)c1ccc(C(F)(F)F)cc1. The summed E-state index contributed by atoms with van der Waals surface area (Å²) in [6.07, 6.45) is -3.10. The highest BCUT2D eigenvalue weighted by Gasteiger charge is 2.31. The van der Waals surface area contributed by atoms with Gasteiger partial charge < -0.3 is 0 Å². The van der Waals surface area contributed by atoms with Crippen molar-refractivity contribution in [1.29, 1.82) is 0 Å². The van der Waals surface area contributed by atoms with Gasteiger partial charge in [-0.2, -0.15) is 13.2 Å². The van der Waals surface area contributed by atoms with Gasteiger partial charge in [-0.05, 0) is 54.3 Å². The molecule has 1 aliphatic rings. The van der Waals surface area contributed by atoms with Crippen LogP contribution >= 0.6 is 0 Å². The Kier molecular flexibility index (Phi) is 5.81. The lowest BCUT2D eigenvalue weighted by Gasteiger charge is -2.31. The minimum atomic E-state index is -4.46. The summed E-state index contributed by atoms with van der Waals surface area (Å²) < 4.78 is 66.0. The second-order valence-electron chi connectivity index (χ2n) is 7.63. The summed E-state index contributed by atoms with van der Waals surface area (Å²) in [6, 6.07) is 17.5. The van der Waals surface area contributed by atoms with E-state index in [2.05, 4.69) is 0 Å². The van der Waals surface area contributed by atoms with Gasteiger partial charge >= 0.3 is 6.18 Å². The second-order valence-corrected chi connectivity index (χ2v) is 9.49. The van der Waals surface area contributed by atoms with Gasteiger partial charge in [0, 0.05) is 18.5 Å². The van der Waals surface area contributed by atoms with Gasteiger partial charge in [-0.1, -0.05) is 42.5 Å². The lowest BCUT2D eigenvalue weighted by Crippen LogP contribution is -2.35. The summed E-state index contributed by atoms with van der Waals surface area (Å²) in [5.41, 5.74) is 1.37. The van der Waals surface area contributed by atoms with E-state index in [-0.39, 0.29) is 22.7 Å². The Morgan fingerprint density at radius 1 is 0.938 bits per heavy atom. The summed E-state index contributed by atoms with van der Waals surface area (Å²) in [7, 11) is -3.75. The number of sulfonamides is 1. The number of fused-ring (bicyclic) bond motifs is 1. The summed E-state index contributed by atoms with van der Waals surface area (Å²) in [5.74, 6) is -0.341. The minimum absolute atomic E-state index is 0.0438. The van der Waals surface area contributed by atoms with Crippen molar-refractivity contribution >= 4 is 21.5 Å². The first-order valence-corrected chi connectivity index (χ1v) is 11.5. The van der Waals surface area contributed by atoms with Gasteiger partial charge in [0.15, 0.2) is 5.78 Å². The number of halogens is 3. The molecule has 1 aliphatic heterocycles. The monoisotopic (exact) mass is 459 g/mol. The molecule has 0 radical (unpaired) electrons. The normalized spacial score (nSPS) is 14.2. The Labute approximate surface area is 184 Å². The molecule has 0 fully saturated rings. The maximum Gasteiger partial charge on any atom is 0.416 e. The maximum atomic E-state index is 13.2. The van der Waals surface area contributed by atoms with E-state index in [4.69, 9.17) is 0 Å². The third-order valence-electron chi connectivity index (χ3n) is 5.46. The maximum absolute atomic E-state index is 13.2. The van der Waals surface area contributed by atoms with E-state index in [0.29, 0.717) is 24.2 Å². The van der Waals surface area contributed by atoms with Crippen LogP contribution in [-0.2, 0) is 29.0 Å². The Bertz CT molecular complexity index is 1240. The number of alkyl halides is 3. The predicted molar refractivity (Wildman–Crippen MR) is 115 cm³/mol. The Hall–Kier alpha value is -3.13. The molecule has 0 saturated carbocycles. The number of Topliss-reactive ketones (excluding diaryl/α,β-unsaturated/α-hetero) is 1. The van der Waals surface area contributed by atoms with Crippen LogP contribution in [0.25, 0.3) is 0 Å². The molecule has 4 rings (SSSR count). The van der Waals surface area contributed by atoms with Crippen molar-refractivity contribution in [3.05, 3.63) is 95.1 Å². The highest BCUT2D eigenvalue weighted by Crippen LogP contribution is 2.33. The number of ketones is 1. The van der Waals surface area contributed by atoms with E-state index >= 15 is 0 Å². The zero-order valence-corrected chi connectivity index (χ0v) is 17.8. The van der Waals surface area contributed by atoms with Crippen molar-refractivity contribution < 1.29 is 26.4 Å². The number of rotatable bonds is 5. The number of nitrogens with zero attached hydrogens (tertiary/aromatic N) is 1. The largest absolute Gasteiger partial charge is 0.416 e. The first-order chi connectivity index (χ1) is 15.2. The Morgan fingerprint density at radius 3 is 2.28 bits per heavy atom. The Morgan fingerprint density at radius 2 is 1.62 bits per heavy atom. The average molecular weight is 459 g/mol. The van der Waals surface area contributed by atoms with Crippen molar-refractivity contribution in [3.63, 3.8) is 0 Å². The molecule has 8 heteroatoms. The molecular weight excluding hydrogens is 439 g/mol. The molecule has 0 unspecified atom stereocenters. The number of anilines is 1. The fourth-order valence-corrected chi connectivity index (χ4v) is 5.35. The van der Waals surface area contributed by atoms with Gasteiger partial charge in [0.1, 0.15) is 0 Å². The predicted octanol–water partition coefficient (Wildman–Crippen LogP) is 5.27. The molecule has 0 saturated heterocycles. The zero-order valence-electron chi connectivity index (χ0n) is 17.0. The van der Waals surface area contributed by atoms with Gasteiger partial charge in [-0.15, -0.1) is 0 Å². The van der Waals surface area contributed by atoms with Crippen LogP contribution in [0.5, 0.6) is 0 Å². The van der Waals surface area contributed by atoms with Gasteiger partial charge in [0.25, 0.3) is 10.0 Å². The fraction of sp³-hybridized carbons (Fsp3) is 0.208. The first-order valence-electron chi connectivity index (χ1n) is 10.1. The van der Waals surface area contributed by atoms with E-state index in [1.54, 1.807) is 42.5 Å². The smallest absolute Gasteiger partial charge is 0.294 e. The number of hydrogen-bond donors (Lipinski definition) is 0. The molecule has 0 N–H and O–H groups in total. The summed E-state index contributed by atoms with van der Waals surface area (Å²) in [5, 5.41) is 0. The number of hydrogen-bond acceptors (Lipinski definition) is 3. The van der Waals surface area contributed by atoms with Crippen molar-refractivity contribution in [2.24, 2.45) is 0 Å². The van der Waals surface area contributed by atoms with Crippen molar-refractivity contribution in [2.45, 2.75) is 30.3 Å². The van der Waals surface area contributed by atoms with E-state index in [9.17, 15) is 26.4 Å². The summed E-state index contributed by atoms with van der Waals surface area (Å²) >= 11 is 0. The van der Waals surface area contributed by atoms with E-state index in [1.807, 2.05) is 6.07 Å². The van der Waals surface area contributed by atoms with Gasteiger partial charge in [0.2, 0.25) is 0 Å². The number of aryl methyl sites for hydroxylation is 1. The molecule has 32 heavy (non-hydrogen) atoms. The average Bonchev–Trinajstić information content (AvgIpc) is 2.78. The van der Waals surface area contributed by atoms with Crippen LogP contribution in [0.1, 0.15) is 33.5 Å². The zero-order chi connectivity index (χ0) is 22.9. The molecule has 1 heterocycles. The van der Waals surface area contributed by atoms with Crippen molar-refractivity contribution in [1.82, 2.24) is 0 Å². The molecule has 166 valence electrons. The van der Waals surface area contributed by atoms with Crippen LogP contribution in [0.15, 0.2) is 77.7 Å². The molecule has 0 aliphatic carbocycles. The second kappa shape index (κ2) is 8.43. The van der Waals surface area contributed by atoms with Crippen LogP contribution in [-0.4, -0.2) is 20.7 Å². The summed E-state index contributed by atoms with van der Waals surface area (Å²) in [6.45, 7) is 0.334. The third-order valence-corrected chi connectivity index (χ3v) is 7.28. The van der Waals surface area contributed by atoms with Crippen LogP contribution in [0.2, 0.25) is 0 Å². The molecule has 0 aromatic heterocycles. The molecule has 0 bridgehead atoms. The highest BCUT2D eigenvalue weighted by molar-refractivity contribution is 7.92. The molecule has 0 amide bonds. The highest BCUT2D eigenvalue weighted by atomic mass is 32.2. The lowest BCUT2D eigenvalue weighted by atomic mass is 9.97. The number of carbonyl (C=O) groups is 1. The topological polar surface area (TPSA) is 54.5 Å². The number of carbonyl (C=O) groups excluding carboxylic acids is 1. The van der Waals surface area contributed by atoms with Crippen molar-refractivity contribution in [2.75, 3.05) is 10.8 Å². The molecule has 3 aromatic carbocycles. The molecule has 3 aromatic rings. The standard InChI is InChI=1S/C24H20F3NO3S/c25-24(26,27)20-12-10-19(11-13-20)23(29)16-17-8-9-18-5-4-14-28(22(18)15-17)32(30,31)21-6-2-1-3-7-21/h1-3,6-13,15H,4-5,14,16H2. The molecule has 0 atom stereocenters. The van der Waals surface area contributed by atoms with E-state index < -0.39 is 21.8 Å². The van der Waals surface area contributed by atoms with Crippen LogP contribution in [0.4, 0.5) is 18.9 Å². The quantitative estimate of drug-likeness (QED) is 0.489. The van der Waals surface area contributed by atoms with Gasteiger partial charge in [0.05, 0.1) is 16.1 Å². The van der Waals surface area contributed by atoms with E-state index in [0.717, 1.165) is 36.2 Å². The first kappa shape index (κ1) is 22.1. The van der Waals surface area contributed by atoms with Crippen molar-refractivity contribution in [3.8, 4) is 0 Å². The molecular formula is C24H20F3NO3S. The van der Waals surface area contributed by atoms with Gasteiger partial charge in [-0.3, -0.25) is 9.10 Å². The molecule has 0 spiro atoms. The van der Waals surface area contributed by atoms with E-state index in [1.165, 1.54) is 4.31 Å². The van der Waals surface area contributed by atoms with Crippen LogP contribution < -0.4 is 4.31 Å². The molecule has 4 nitrogen and oxygen atoms in total. The van der Waals surface area contributed by atoms with Crippen LogP contribution in [0.3, 0.4) is 0 Å². The van der Waals surface area contributed by atoms with Crippen LogP contribution in [0, 0.1) is 0 Å².